The van der Waals surface area contributed by atoms with Crippen LogP contribution in [0.4, 0.5) is 5.13 Å². The highest BCUT2D eigenvalue weighted by Crippen LogP contribution is 2.33. The van der Waals surface area contributed by atoms with Crippen molar-refractivity contribution in [3.05, 3.63) is 53.1 Å². The predicted molar refractivity (Wildman–Crippen MR) is 138 cm³/mol. The molecule has 1 aliphatic heterocycles. The molecule has 1 aliphatic rings. The number of likely N-dealkylation sites (N-methyl/N-ethyl adjacent to an activating group) is 1. The number of fused-ring (bicyclic) bond motifs is 1. The van der Waals surface area contributed by atoms with E-state index in [4.69, 9.17) is 11.6 Å². The average molecular weight is 521 g/mol. The van der Waals surface area contributed by atoms with E-state index in [1.165, 1.54) is 23.5 Å². The molecule has 1 atom stereocenters. The largest absolute Gasteiger partial charge is 0.308 e. The molecule has 0 spiro atoms. The van der Waals surface area contributed by atoms with Crippen LogP contribution >= 0.6 is 22.9 Å². The third kappa shape index (κ3) is 5.28. The Bertz CT molecular complexity index is 1280. The van der Waals surface area contributed by atoms with Gasteiger partial charge >= 0.3 is 0 Å². The number of sulfonamides is 1. The van der Waals surface area contributed by atoms with Crippen molar-refractivity contribution in [3.63, 3.8) is 0 Å². The fourth-order valence-corrected chi connectivity index (χ4v) is 6.93. The van der Waals surface area contributed by atoms with Gasteiger partial charge in [-0.3, -0.25) is 9.69 Å². The number of aromatic nitrogens is 1. The summed E-state index contributed by atoms with van der Waals surface area (Å²) in [5, 5.41) is 1.11. The molecule has 4 rings (SSSR count). The van der Waals surface area contributed by atoms with E-state index in [0.29, 0.717) is 53.3 Å². The highest BCUT2D eigenvalue weighted by Gasteiger charge is 2.29. The Balaban J connectivity index is 1.61. The van der Waals surface area contributed by atoms with Crippen LogP contribution in [0.1, 0.15) is 30.1 Å². The summed E-state index contributed by atoms with van der Waals surface area (Å²) in [5.74, 6) is 0.115. The average Bonchev–Trinajstić information content (AvgIpc) is 3.24. The first-order chi connectivity index (χ1) is 16.2. The molecule has 1 aromatic heterocycles. The number of amides is 1. The quantitative estimate of drug-likeness (QED) is 0.456. The smallest absolute Gasteiger partial charge is 0.260 e. The van der Waals surface area contributed by atoms with Gasteiger partial charge in [-0.05, 0) is 69.3 Å². The Morgan fingerprint density at radius 2 is 1.91 bits per heavy atom. The molecule has 0 aliphatic carbocycles. The van der Waals surface area contributed by atoms with Gasteiger partial charge in [0.2, 0.25) is 10.0 Å². The van der Waals surface area contributed by atoms with Crippen LogP contribution in [0, 0.1) is 5.92 Å². The first-order valence-electron chi connectivity index (χ1n) is 11.3. The van der Waals surface area contributed by atoms with E-state index in [-0.39, 0.29) is 10.8 Å². The summed E-state index contributed by atoms with van der Waals surface area (Å²) in [7, 11) is 0.310. The number of anilines is 1. The van der Waals surface area contributed by atoms with Crippen molar-refractivity contribution in [1.82, 2.24) is 14.2 Å². The number of hydrogen-bond donors (Lipinski definition) is 0. The van der Waals surface area contributed by atoms with Crippen LogP contribution < -0.4 is 4.90 Å². The zero-order chi connectivity index (χ0) is 24.5. The van der Waals surface area contributed by atoms with Crippen molar-refractivity contribution in [2.45, 2.75) is 24.7 Å². The van der Waals surface area contributed by atoms with Crippen LogP contribution in [0.2, 0.25) is 5.02 Å². The molecule has 2 heterocycles. The number of piperidine rings is 1. The minimum absolute atomic E-state index is 0.213. The molecule has 3 aromatic rings. The fourth-order valence-electron chi connectivity index (χ4n) is 4.04. The Morgan fingerprint density at radius 1 is 1.18 bits per heavy atom. The maximum absolute atomic E-state index is 13.5. The van der Waals surface area contributed by atoms with Crippen LogP contribution in [-0.2, 0) is 10.0 Å². The van der Waals surface area contributed by atoms with Crippen molar-refractivity contribution < 1.29 is 13.2 Å². The Hall–Kier alpha value is -2.04. The number of hydrogen-bond acceptors (Lipinski definition) is 6. The summed E-state index contributed by atoms with van der Waals surface area (Å²) in [6.45, 7) is 4.22. The Kier molecular flexibility index (Phi) is 7.59. The monoisotopic (exact) mass is 520 g/mol. The number of para-hydroxylation sites is 1. The molecule has 34 heavy (non-hydrogen) atoms. The number of rotatable bonds is 7. The lowest BCUT2D eigenvalue weighted by Crippen LogP contribution is -2.39. The van der Waals surface area contributed by atoms with Crippen LogP contribution in [-0.4, -0.2) is 68.8 Å². The van der Waals surface area contributed by atoms with E-state index in [0.717, 1.165) is 17.5 Å². The maximum atomic E-state index is 13.5. The molecule has 182 valence electrons. The minimum atomic E-state index is -3.58. The SMILES string of the molecule is CC1CCCN(S(=O)(=O)c2ccc(C(=O)N(CCN(C)C)c3nc4c(Cl)cccc4s3)cc2)C1. The number of halogens is 1. The topological polar surface area (TPSA) is 73.8 Å². The second-order valence-electron chi connectivity index (χ2n) is 8.98. The standard InChI is InChI=1S/C24H29ClN4O3S2/c1-17-6-5-13-28(16-17)34(31,32)19-11-9-18(10-12-19)23(30)29(15-14-27(2)3)24-26-22-20(25)7-4-8-21(22)33-24/h4,7-12,17H,5-6,13-16H2,1-3H3. The van der Waals surface area contributed by atoms with Crippen LogP contribution in [0.5, 0.6) is 0 Å². The van der Waals surface area contributed by atoms with Gasteiger partial charge in [-0.1, -0.05) is 35.9 Å². The summed E-state index contributed by atoms with van der Waals surface area (Å²) >= 11 is 7.71. The van der Waals surface area contributed by atoms with Gasteiger partial charge in [-0.2, -0.15) is 4.31 Å². The van der Waals surface area contributed by atoms with Crippen LogP contribution in [0.25, 0.3) is 10.2 Å². The van der Waals surface area contributed by atoms with E-state index >= 15 is 0 Å². The molecule has 10 heteroatoms. The summed E-state index contributed by atoms with van der Waals surface area (Å²) in [6.07, 6.45) is 1.91. The summed E-state index contributed by atoms with van der Waals surface area (Å²) in [6, 6.07) is 11.8. The molecule has 1 amide bonds. The van der Waals surface area contributed by atoms with Crippen LogP contribution in [0.15, 0.2) is 47.4 Å². The number of nitrogens with zero attached hydrogens (tertiary/aromatic N) is 4. The second kappa shape index (κ2) is 10.3. The summed E-state index contributed by atoms with van der Waals surface area (Å²) < 4.78 is 28.6. The highest BCUT2D eigenvalue weighted by atomic mass is 35.5. The molecule has 1 unspecified atom stereocenters. The third-order valence-electron chi connectivity index (χ3n) is 5.96. The minimum Gasteiger partial charge on any atom is -0.308 e. The van der Waals surface area contributed by atoms with Gasteiger partial charge in [0.1, 0.15) is 5.52 Å². The zero-order valence-electron chi connectivity index (χ0n) is 19.6. The molecule has 0 saturated carbocycles. The summed E-state index contributed by atoms with van der Waals surface area (Å²) in [4.78, 5) is 22.0. The first-order valence-corrected chi connectivity index (χ1v) is 13.9. The first kappa shape index (κ1) is 25.1. The maximum Gasteiger partial charge on any atom is 0.260 e. The summed E-state index contributed by atoms with van der Waals surface area (Å²) in [5.41, 5.74) is 1.08. The highest BCUT2D eigenvalue weighted by molar-refractivity contribution is 7.89. The van der Waals surface area contributed by atoms with Gasteiger partial charge in [0.15, 0.2) is 5.13 Å². The Morgan fingerprint density at radius 3 is 2.56 bits per heavy atom. The molecule has 0 bridgehead atoms. The van der Waals surface area contributed by atoms with Gasteiger partial charge in [-0.25, -0.2) is 13.4 Å². The molecular weight excluding hydrogens is 492 g/mol. The number of benzene rings is 2. The number of carbonyl (C=O) groups is 1. The molecule has 7 nitrogen and oxygen atoms in total. The number of carbonyl (C=O) groups excluding carboxylic acids is 1. The van der Waals surface area contributed by atoms with E-state index in [1.54, 1.807) is 27.4 Å². The van der Waals surface area contributed by atoms with Gasteiger partial charge in [0.05, 0.1) is 14.6 Å². The predicted octanol–water partition coefficient (Wildman–Crippen LogP) is 4.58. The van der Waals surface area contributed by atoms with Gasteiger partial charge in [-0.15, -0.1) is 0 Å². The van der Waals surface area contributed by atoms with Crippen molar-refractivity contribution in [3.8, 4) is 0 Å². The van der Waals surface area contributed by atoms with Gasteiger partial charge < -0.3 is 4.90 Å². The fraction of sp³-hybridized carbons (Fsp3) is 0.417. The van der Waals surface area contributed by atoms with E-state index in [9.17, 15) is 13.2 Å². The lowest BCUT2D eigenvalue weighted by molar-refractivity contribution is 0.0985. The molecule has 0 radical (unpaired) electrons. The van der Waals surface area contributed by atoms with E-state index in [1.807, 2.05) is 31.1 Å². The zero-order valence-corrected chi connectivity index (χ0v) is 22.0. The van der Waals surface area contributed by atoms with Crippen LogP contribution in [0.3, 0.4) is 0 Å². The molecule has 2 aromatic carbocycles. The second-order valence-corrected chi connectivity index (χ2v) is 12.3. The third-order valence-corrected chi connectivity index (χ3v) is 9.19. The van der Waals surface area contributed by atoms with Crippen molar-refractivity contribution in [2.75, 3.05) is 45.2 Å². The van der Waals surface area contributed by atoms with Crippen molar-refractivity contribution in [1.29, 1.82) is 0 Å². The lowest BCUT2D eigenvalue weighted by atomic mass is 10.0. The van der Waals surface area contributed by atoms with Gasteiger partial charge in [0, 0.05) is 31.7 Å². The van der Waals surface area contributed by atoms with E-state index in [2.05, 4.69) is 11.9 Å². The molecule has 0 N–H and O–H groups in total. The normalized spacial score (nSPS) is 17.4. The van der Waals surface area contributed by atoms with Crippen molar-refractivity contribution in [2.24, 2.45) is 5.92 Å². The van der Waals surface area contributed by atoms with Gasteiger partial charge in [0.25, 0.3) is 5.91 Å². The Labute approximate surface area is 210 Å². The molecule has 1 fully saturated rings. The molecular formula is C24H29ClN4O3S2. The number of thiazole rings is 1. The lowest BCUT2D eigenvalue weighted by Gasteiger charge is -2.30. The van der Waals surface area contributed by atoms with E-state index < -0.39 is 10.0 Å². The molecule has 1 saturated heterocycles. The van der Waals surface area contributed by atoms with Crippen molar-refractivity contribution >= 4 is 54.2 Å².